The second-order valence-electron chi connectivity index (χ2n) is 5.64. The fraction of sp³-hybridized carbons (Fsp3) is 0.562. The molecular formula is C16H24Cl2N2O. The van der Waals surface area contributed by atoms with E-state index in [0.29, 0.717) is 29.4 Å². The van der Waals surface area contributed by atoms with Gasteiger partial charge >= 0.3 is 0 Å². The summed E-state index contributed by atoms with van der Waals surface area (Å²) in [6.07, 6.45) is 1.24. The molecule has 1 aromatic carbocycles. The summed E-state index contributed by atoms with van der Waals surface area (Å²) in [6, 6.07) is 5.49. The third kappa shape index (κ3) is 4.35. The molecule has 0 heterocycles. The van der Waals surface area contributed by atoms with Gasteiger partial charge in [0.1, 0.15) is 0 Å². The molecule has 0 aliphatic carbocycles. The molecule has 0 saturated heterocycles. The molecule has 0 aliphatic heterocycles. The van der Waals surface area contributed by atoms with Crippen molar-refractivity contribution in [3.63, 3.8) is 0 Å². The van der Waals surface area contributed by atoms with E-state index in [4.69, 9.17) is 28.9 Å². The van der Waals surface area contributed by atoms with Crippen LogP contribution in [0.4, 0.5) is 0 Å². The van der Waals surface area contributed by atoms with Gasteiger partial charge in [-0.15, -0.1) is 0 Å². The molecule has 118 valence electrons. The molecule has 3 nitrogen and oxygen atoms in total. The van der Waals surface area contributed by atoms with Crippen LogP contribution in [-0.2, 0) is 11.3 Å². The first-order valence-corrected chi connectivity index (χ1v) is 8.04. The Bertz CT molecular complexity index is 499. The Morgan fingerprint density at radius 3 is 2.24 bits per heavy atom. The quantitative estimate of drug-likeness (QED) is 0.847. The number of rotatable bonds is 6. The van der Waals surface area contributed by atoms with E-state index in [9.17, 15) is 4.79 Å². The maximum absolute atomic E-state index is 12.8. The molecule has 0 unspecified atom stereocenters. The van der Waals surface area contributed by atoms with Crippen molar-refractivity contribution < 1.29 is 4.79 Å². The van der Waals surface area contributed by atoms with Gasteiger partial charge in [0.25, 0.3) is 0 Å². The van der Waals surface area contributed by atoms with Gasteiger partial charge in [0.15, 0.2) is 0 Å². The highest BCUT2D eigenvalue weighted by atomic mass is 35.5. The van der Waals surface area contributed by atoms with Gasteiger partial charge in [-0.2, -0.15) is 0 Å². The zero-order valence-corrected chi connectivity index (χ0v) is 14.6. The number of amides is 1. The van der Waals surface area contributed by atoms with Gasteiger partial charge in [0.2, 0.25) is 5.91 Å². The Balaban J connectivity index is 3.02. The van der Waals surface area contributed by atoms with Crippen molar-refractivity contribution in [1.82, 2.24) is 4.90 Å². The van der Waals surface area contributed by atoms with Gasteiger partial charge in [-0.1, -0.05) is 43.1 Å². The molecule has 5 heteroatoms. The van der Waals surface area contributed by atoms with Gasteiger partial charge in [-0.25, -0.2) is 0 Å². The summed E-state index contributed by atoms with van der Waals surface area (Å²) in [5, 5.41) is 1.01. The monoisotopic (exact) mass is 330 g/mol. The number of hydrogen-bond acceptors (Lipinski definition) is 2. The number of carbonyl (C=O) groups excluding carboxylic acids is 1. The largest absolute Gasteiger partial charge is 0.334 e. The Labute approximate surface area is 137 Å². The van der Waals surface area contributed by atoms with Gasteiger partial charge in [-0.3, -0.25) is 4.79 Å². The Hall–Kier alpha value is -0.770. The van der Waals surface area contributed by atoms with Gasteiger partial charge in [0.05, 0.1) is 15.6 Å². The lowest BCUT2D eigenvalue weighted by atomic mass is 9.91. The van der Waals surface area contributed by atoms with E-state index in [-0.39, 0.29) is 11.9 Å². The smallest absolute Gasteiger partial charge is 0.243 e. The van der Waals surface area contributed by atoms with Crippen molar-refractivity contribution in [3.05, 3.63) is 33.8 Å². The third-order valence-electron chi connectivity index (χ3n) is 3.91. The van der Waals surface area contributed by atoms with E-state index in [1.54, 1.807) is 17.0 Å². The summed E-state index contributed by atoms with van der Waals surface area (Å²) in [7, 11) is 0. The van der Waals surface area contributed by atoms with E-state index >= 15 is 0 Å². The van der Waals surface area contributed by atoms with Crippen molar-refractivity contribution in [2.75, 3.05) is 0 Å². The predicted octanol–water partition coefficient (Wildman–Crippen LogP) is 4.25. The summed E-state index contributed by atoms with van der Waals surface area (Å²) in [5.41, 5.74) is 6.39. The van der Waals surface area contributed by atoms with Crippen LogP contribution in [0.3, 0.4) is 0 Å². The maximum atomic E-state index is 12.8. The molecule has 0 spiro atoms. The Morgan fingerprint density at radius 1 is 1.24 bits per heavy atom. The molecule has 0 bridgehead atoms. The summed E-state index contributed by atoms with van der Waals surface area (Å²) >= 11 is 12.0. The average molecular weight is 331 g/mol. The maximum Gasteiger partial charge on any atom is 0.243 e. The normalized spacial score (nSPS) is 11.8. The molecule has 0 aromatic heterocycles. The van der Waals surface area contributed by atoms with Gasteiger partial charge in [0, 0.05) is 12.6 Å². The molecule has 1 amide bonds. The molecular weight excluding hydrogens is 307 g/mol. The lowest BCUT2D eigenvalue weighted by Gasteiger charge is -2.35. The van der Waals surface area contributed by atoms with Crippen molar-refractivity contribution in [3.8, 4) is 0 Å². The van der Waals surface area contributed by atoms with Crippen LogP contribution in [0.25, 0.3) is 0 Å². The van der Waals surface area contributed by atoms with E-state index in [2.05, 4.69) is 0 Å². The number of nitrogens with two attached hydrogens (primary N) is 1. The zero-order valence-electron chi connectivity index (χ0n) is 13.1. The first-order chi connectivity index (χ1) is 9.75. The summed E-state index contributed by atoms with van der Waals surface area (Å²) in [5.74, 6) is -0.0198. The van der Waals surface area contributed by atoms with Crippen molar-refractivity contribution in [2.24, 2.45) is 5.73 Å². The molecule has 0 radical (unpaired) electrons. The number of nitrogens with zero attached hydrogens (tertiary/aromatic N) is 1. The van der Waals surface area contributed by atoms with Crippen LogP contribution in [0.2, 0.25) is 10.0 Å². The lowest BCUT2D eigenvalue weighted by Crippen LogP contribution is -2.56. The van der Waals surface area contributed by atoms with Crippen LogP contribution >= 0.6 is 23.2 Å². The van der Waals surface area contributed by atoms with E-state index < -0.39 is 5.54 Å². The molecule has 0 fully saturated rings. The minimum Gasteiger partial charge on any atom is -0.334 e. The number of carbonyl (C=O) groups is 1. The summed E-state index contributed by atoms with van der Waals surface area (Å²) in [4.78, 5) is 14.6. The van der Waals surface area contributed by atoms with Crippen LogP contribution in [0.1, 0.15) is 46.1 Å². The first kappa shape index (κ1) is 18.3. The van der Waals surface area contributed by atoms with E-state index in [0.717, 1.165) is 5.56 Å². The van der Waals surface area contributed by atoms with Crippen LogP contribution in [-0.4, -0.2) is 22.4 Å². The molecule has 0 atom stereocenters. The average Bonchev–Trinajstić information content (AvgIpc) is 2.46. The summed E-state index contributed by atoms with van der Waals surface area (Å²) in [6.45, 7) is 8.34. The van der Waals surface area contributed by atoms with Crippen LogP contribution < -0.4 is 5.73 Å². The number of hydrogen-bond donors (Lipinski definition) is 1. The Kier molecular flexibility index (Phi) is 6.51. The van der Waals surface area contributed by atoms with Crippen molar-refractivity contribution in [2.45, 2.75) is 58.7 Å². The molecule has 2 N–H and O–H groups in total. The zero-order chi connectivity index (χ0) is 16.2. The Morgan fingerprint density at radius 2 is 1.81 bits per heavy atom. The van der Waals surface area contributed by atoms with E-state index in [1.807, 2.05) is 33.8 Å². The van der Waals surface area contributed by atoms with E-state index in [1.165, 1.54) is 0 Å². The standard InChI is InChI=1S/C16H24Cl2N2O/c1-5-16(19,6-2)15(21)20(11(3)4)10-12-7-8-13(17)14(18)9-12/h7-9,11H,5-6,10,19H2,1-4H3. The second-order valence-corrected chi connectivity index (χ2v) is 6.45. The number of halogens is 2. The fourth-order valence-electron chi connectivity index (χ4n) is 2.16. The highest BCUT2D eigenvalue weighted by Crippen LogP contribution is 2.25. The number of benzene rings is 1. The molecule has 1 rings (SSSR count). The first-order valence-electron chi connectivity index (χ1n) is 7.29. The molecule has 0 saturated carbocycles. The SMILES string of the molecule is CCC(N)(CC)C(=O)N(Cc1ccc(Cl)c(Cl)c1)C(C)C. The van der Waals surface area contributed by atoms with Crippen molar-refractivity contribution >= 4 is 29.1 Å². The summed E-state index contributed by atoms with van der Waals surface area (Å²) < 4.78 is 0. The highest BCUT2D eigenvalue weighted by Gasteiger charge is 2.35. The molecule has 0 aliphatic rings. The van der Waals surface area contributed by atoms with Crippen LogP contribution in [0, 0.1) is 0 Å². The topological polar surface area (TPSA) is 46.3 Å². The fourth-order valence-corrected chi connectivity index (χ4v) is 2.48. The van der Waals surface area contributed by atoms with Gasteiger partial charge < -0.3 is 10.6 Å². The second kappa shape index (κ2) is 7.48. The van der Waals surface area contributed by atoms with Crippen molar-refractivity contribution in [1.29, 1.82) is 0 Å². The minimum atomic E-state index is -0.805. The molecule has 1 aromatic rings. The minimum absolute atomic E-state index is 0.0198. The molecule has 21 heavy (non-hydrogen) atoms. The van der Waals surface area contributed by atoms with Crippen LogP contribution in [0.5, 0.6) is 0 Å². The third-order valence-corrected chi connectivity index (χ3v) is 4.65. The predicted molar refractivity (Wildman–Crippen MR) is 89.6 cm³/mol. The van der Waals surface area contributed by atoms with Gasteiger partial charge in [-0.05, 0) is 44.4 Å². The lowest BCUT2D eigenvalue weighted by molar-refractivity contribution is -0.139. The highest BCUT2D eigenvalue weighted by molar-refractivity contribution is 6.42. The van der Waals surface area contributed by atoms with Crippen LogP contribution in [0.15, 0.2) is 18.2 Å².